The van der Waals surface area contributed by atoms with Gasteiger partial charge in [-0.2, -0.15) is 0 Å². The van der Waals surface area contributed by atoms with Gasteiger partial charge in [0.15, 0.2) is 0 Å². The van der Waals surface area contributed by atoms with E-state index in [4.69, 9.17) is 0 Å². The third-order valence-corrected chi connectivity index (χ3v) is 3.61. The van der Waals surface area contributed by atoms with E-state index < -0.39 is 0 Å². The minimum atomic E-state index is 0.142. The lowest BCUT2D eigenvalue weighted by Gasteiger charge is -2.19. The molecule has 17 heavy (non-hydrogen) atoms. The molecular weight excluding hydrogens is 212 g/mol. The summed E-state index contributed by atoms with van der Waals surface area (Å²) in [6.45, 7) is 3.70. The molecule has 0 spiro atoms. The molecule has 2 atom stereocenters. The van der Waals surface area contributed by atoms with Gasteiger partial charge >= 0.3 is 0 Å². The van der Waals surface area contributed by atoms with Crippen LogP contribution in [0.2, 0.25) is 0 Å². The van der Waals surface area contributed by atoms with Crippen molar-refractivity contribution in [2.75, 3.05) is 13.6 Å². The van der Waals surface area contributed by atoms with Gasteiger partial charge in [0.2, 0.25) is 5.91 Å². The lowest BCUT2D eigenvalue weighted by molar-refractivity contribution is -0.132. The van der Waals surface area contributed by atoms with Gasteiger partial charge in [0, 0.05) is 19.1 Å². The quantitative estimate of drug-likeness (QED) is 0.856. The Balaban J connectivity index is 1.99. The smallest absolute Gasteiger partial charge is 0.227 e. The van der Waals surface area contributed by atoms with E-state index in [2.05, 4.69) is 24.4 Å². The summed E-state index contributed by atoms with van der Waals surface area (Å²) in [5.41, 5.74) is 1.21. The average molecular weight is 232 g/mol. The lowest BCUT2D eigenvalue weighted by Crippen LogP contribution is -2.36. The molecule has 3 nitrogen and oxygen atoms in total. The summed E-state index contributed by atoms with van der Waals surface area (Å²) < 4.78 is 0. The molecule has 1 fully saturated rings. The largest absolute Gasteiger partial charge is 0.338 e. The highest BCUT2D eigenvalue weighted by Crippen LogP contribution is 2.22. The first-order chi connectivity index (χ1) is 8.22. The number of likely N-dealkylation sites (tertiary alicyclic amines) is 1. The maximum Gasteiger partial charge on any atom is 0.227 e. The molecule has 1 aliphatic rings. The monoisotopic (exact) mass is 232 g/mol. The number of hydrogen-bond donors (Lipinski definition) is 1. The number of nitrogens with zero attached hydrogens (tertiary/aromatic N) is 1. The van der Waals surface area contributed by atoms with E-state index in [0.717, 1.165) is 19.5 Å². The number of benzene rings is 1. The second kappa shape index (κ2) is 5.32. The van der Waals surface area contributed by atoms with Crippen molar-refractivity contribution < 1.29 is 4.79 Å². The zero-order valence-electron chi connectivity index (χ0n) is 10.5. The van der Waals surface area contributed by atoms with Gasteiger partial charge in [-0.3, -0.25) is 4.79 Å². The Morgan fingerprint density at radius 2 is 2.12 bits per heavy atom. The molecule has 1 aliphatic heterocycles. The Labute approximate surface area is 103 Å². The fourth-order valence-corrected chi connectivity index (χ4v) is 2.39. The molecule has 0 unspecified atom stereocenters. The molecule has 0 saturated carbocycles. The molecule has 1 aromatic rings. The molecule has 0 radical (unpaired) electrons. The zero-order valence-corrected chi connectivity index (χ0v) is 10.5. The van der Waals surface area contributed by atoms with E-state index in [0.29, 0.717) is 0 Å². The SMILES string of the molecule is CN[C@@H](C)[C@@H]1CCN(Cc2ccccc2)C1=O. The molecule has 0 bridgehead atoms. The van der Waals surface area contributed by atoms with Crippen LogP contribution in [0.5, 0.6) is 0 Å². The molecule has 1 amide bonds. The van der Waals surface area contributed by atoms with Crippen molar-refractivity contribution in [2.24, 2.45) is 5.92 Å². The van der Waals surface area contributed by atoms with E-state index in [-0.39, 0.29) is 17.9 Å². The van der Waals surface area contributed by atoms with Crippen molar-refractivity contribution in [2.45, 2.75) is 25.9 Å². The fraction of sp³-hybridized carbons (Fsp3) is 0.500. The van der Waals surface area contributed by atoms with Crippen molar-refractivity contribution in [3.63, 3.8) is 0 Å². The van der Waals surface area contributed by atoms with Crippen LogP contribution in [-0.4, -0.2) is 30.4 Å². The van der Waals surface area contributed by atoms with Crippen molar-refractivity contribution in [1.82, 2.24) is 10.2 Å². The van der Waals surface area contributed by atoms with Crippen LogP contribution in [0.1, 0.15) is 18.9 Å². The summed E-state index contributed by atoms with van der Waals surface area (Å²) >= 11 is 0. The molecule has 1 saturated heterocycles. The van der Waals surface area contributed by atoms with Crippen LogP contribution in [0.3, 0.4) is 0 Å². The maximum atomic E-state index is 12.2. The Morgan fingerprint density at radius 1 is 1.41 bits per heavy atom. The molecule has 1 N–H and O–H groups in total. The number of carbonyl (C=O) groups is 1. The van der Waals surface area contributed by atoms with Crippen molar-refractivity contribution in [3.8, 4) is 0 Å². The molecule has 0 aliphatic carbocycles. The molecule has 1 aromatic carbocycles. The van der Waals surface area contributed by atoms with Gasteiger partial charge in [0.05, 0.1) is 5.92 Å². The highest BCUT2D eigenvalue weighted by Gasteiger charge is 2.34. The van der Waals surface area contributed by atoms with Gasteiger partial charge in [-0.05, 0) is 26.0 Å². The predicted octanol–water partition coefficient (Wildman–Crippen LogP) is 1.64. The molecule has 0 aromatic heterocycles. The lowest BCUT2D eigenvalue weighted by atomic mass is 10.0. The highest BCUT2D eigenvalue weighted by atomic mass is 16.2. The van der Waals surface area contributed by atoms with Crippen LogP contribution in [0.25, 0.3) is 0 Å². The molecule has 92 valence electrons. The van der Waals surface area contributed by atoms with Gasteiger partial charge < -0.3 is 10.2 Å². The standard InChI is InChI=1S/C14H20N2O/c1-11(15-2)13-8-9-16(14(13)17)10-12-6-4-3-5-7-12/h3-7,11,13,15H,8-10H2,1-2H3/t11-,13-/m0/s1. The van der Waals surface area contributed by atoms with Gasteiger partial charge in [0.25, 0.3) is 0 Å². The van der Waals surface area contributed by atoms with Crippen molar-refractivity contribution in [3.05, 3.63) is 35.9 Å². The maximum absolute atomic E-state index is 12.2. The Bertz CT molecular complexity index is 377. The predicted molar refractivity (Wildman–Crippen MR) is 68.5 cm³/mol. The number of nitrogens with one attached hydrogen (secondary N) is 1. The summed E-state index contributed by atoms with van der Waals surface area (Å²) in [5.74, 6) is 0.430. The number of carbonyl (C=O) groups excluding carboxylic acids is 1. The second-order valence-electron chi connectivity index (χ2n) is 4.72. The average Bonchev–Trinajstić information content (AvgIpc) is 2.72. The number of amides is 1. The first-order valence-corrected chi connectivity index (χ1v) is 6.22. The minimum Gasteiger partial charge on any atom is -0.338 e. The van der Waals surface area contributed by atoms with E-state index in [1.54, 1.807) is 0 Å². The summed E-state index contributed by atoms with van der Waals surface area (Å²) in [4.78, 5) is 14.2. The first kappa shape index (κ1) is 12.1. The Hall–Kier alpha value is -1.35. The van der Waals surface area contributed by atoms with Crippen LogP contribution in [-0.2, 0) is 11.3 Å². The Kier molecular flexibility index (Phi) is 3.79. The van der Waals surface area contributed by atoms with E-state index >= 15 is 0 Å². The molecular formula is C14H20N2O. The van der Waals surface area contributed by atoms with Gasteiger partial charge in [-0.15, -0.1) is 0 Å². The van der Waals surface area contributed by atoms with Crippen LogP contribution in [0, 0.1) is 5.92 Å². The zero-order chi connectivity index (χ0) is 12.3. The van der Waals surface area contributed by atoms with Gasteiger partial charge in [0.1, 0.15) is 0 Å². The van der Waals surface area contributed by atoms with Crippen LogP contribution in [0.4, 0.5) is 0 Å². The van der Waals surface area contributed by atoms with Crippen molar-refractivity contribution in [1.29, 1.82) is 0 Å². The van der Waals surface area contributed by atoms with Crippen LogP contribution >= 0.6 is 0 Å². The van der Waals surface area contributed by atoms with Crippen molar-refractivity contribution >= 4 is 5.91 Å². The fourth-order valence-electron chi connectivity index (χ4n) is 2.39. The summed E-state index contributed by atoms with van der Waals surface area (Å²) in [5, 5.41) is 3.17. The molecule has 1 heterocycles. The third kappa shape index (κ3) is 2.67. The first-order valence-electron chi connectivity index (χ1n) is 6.22. The van der Waals surface area contributed by atoms with Gasteiger partial charge in [-0.1, -0.05) is 30.3 Å². The van der Waals surface area contributed by atoms with Crippen LogP contribution < -0.4 is 5.32 Å². The van der Waals surface area contributed by atoms with E-state index in [9.17, 15) is 4.79 Å². The molecule has 3 heteroatoms. The van der Waals surface area contributed by atoms with E-state index in [1.165, 1.54) is 5.56 Å². The Morgan fingerprint density at radius 3 is 2.76 bits per heavy atom. The van der Waals surface area contributed by atoms with Crippen LogP contribution in [0.15, 0.2) is 30.3 Å². The second-order valence-corrected chi connectivity index (χ2v) is 4.72. The summed E-state index contributed by atoms with van der Waals surface area (Å²) in [6, 6.07) is 10.4. The summed E-state index contributed by atoms with van der Waals surface area (Å²) in [6.07, 6.45) is 0.966. The number of hydrogen-bond acceptors (Lipinski definition) is 2. The van der Waals surface area contributed by atoms with E-state index in [1.807, 2.05) is 30.1 Å². The third-order valence-electron chi connectivity index (χ3n) is 3.61. The topological polar surface area (TPSA) is 32.3 Å². The molecule has 2 rings (SSSR count). The minimum absolute atomic E-state index is 0.142. The number of rotatable bonds is 4. The normalized spacial score (nSPS) is 21.9. The summed E-state index contributed by atoms with van der Waals surface area (Å²) in [7, 11) is 1.91. The highest BCUT2D eigenvalue weighted by molar-refractivity contribution is 5.81. The van der Waals surface area contributed by atoms with Gasteiger partial charge in [-0.25, -0.2) is 0 Å².